The number of imidazole rings is 2. The molecule has 14 nitrogen and oxygen atoms in total. The molecule has 2 aliphatic carbocycles. The van der Waals surface area contributed by atoms with Crippen LogP contribution in [-0.4, -0.2) is 64.7 Å². The van der Waals surface area contributed by atoms with Crippen LogP contribution in [0.3, 0.4) is 0 Å². The Balaban J connectivity index is 0.000000175. The second-order valence-electron chi connectivity index (χ2n) is 21.1. The Hall–Kier alpha value is -6.41. The zero-order chi connectivity index (χ0) is 48.6. The van der Waals surface area contributed by atoms with Gasteiger partial charge < -0.3 is 34.7 Å². The summed E-state index contributed by atoms with van der Waals surface area (Å²) in [6.07, 6.45) is 6.01. The fourth-order valence-electron chi connectivity index (χ4n) is 9.46. The molecule has 4 aromatic carbocycles. The van der Waals surface area contributed by atoms with Crippen LogP contribution in [0.2, 0.25) is 0 Å². The molecule has 0 spiro atoms. The molecule has 3 N–H and O–H groups in total. The summed E-state index contributed by atoms with van der Waals surface area (Å²) in [7, 11) is 0. The Morgan fingerprint density at radius 2 is 1.13 bits per heavy atom. The van der Waals surface area contributed by atoms with Crippen molar-refractivity contribution < 1.29 is 19.1 Å². The van der Waals surface area contributed by atoms with E-state index in [4.69, 9.17) is 20.4 Å². The molecular formula is C55H70N10O4. The molecule has 2 saturated carbocycles. The lowest BCUT2D eigenvalue weighted by molar-refractivity contribution is 0.0523. The lowest BCUT2D eigenvalue weighted by atomic mass is 10.1. The molecule has 14 heteroatoms. The minimum atomic E-state index is -0.544. The van der Waals surface area contributed by atoms with Gasteiger partial charge in [-0.1, -0.05) is 76.2 Å². The lowest BCUT2D eigenvalue weighted by Gasteiger charge is -2.37. The minimum Gasteiger partial charge on any atom is -0.444 e. The van der Waals surface area contributed by atoms with Crippen molar-refractivity contribution in [3.63, 3.8) is 0 Å². The number of amides is 5. The Kier molecular flexibility index (Phi) is 13.7. The maximum atomic E-state index is 13.6. The number of carbonyl (C=O) groups is 3. The van der Waals surface area contributed by atoms with Crippen LogP contribution in [0.4, 0.5) is 25.8 Å². The van der Waals surface area contributed by atoms with Gasteiger partial charge in [-0.05, 0) is 130 Å². The van der Waals surface area contributed by atoms with Crippen LogP contribution in [0, 0.1) is 11.8 Å². The van der Waals surface area contributed by atoms with E-state index in [0.29, 0.717) is 63.2 Å². The Morgan fingerprint density at radius 3 is 1.57 bits per heavy atom. The highest BCUT2D eigenvalue weighted by Gasteiger charge is 2.41. The third kappa shape index (κ3) is 10.9. The summed E-state index contributed by atoms with van der Waals surface area (Å²) < 4.78 is 9.92. The van der Waals surface area contributed by atoms with Gasteiger partial charge in [-0.2, -0.15) is 0 Å². The number of rotatable bonds is 15. The zero-order valence-electron chi connectivity index (χ0n) is 41.6. The first-order valence-corrected chi connectivity index (χ1v) is 25.1. The van der Waals surface area contributed by atoms with Crippen molar-refractivity contribution in [3.05, 3.63) is 119 Å². The highest BCUT2D eigenvalue weighted by Crippen LogP contribution is 2.39. The quantitative estimate of drug-likeness (QED) is 0.104. The maximum absolute atomic E-state index is 13.6. The number of ether oxygens (including phenoxy) is 1. The molecule has 5 amide bonds. The third-order valence-electron chi connectivity index (χ3n) is 13.5. The molecule has 6 aromatic rings. The summed E-state index contributed by atoms with van der Waals surface area (Å²) in [4.78, 5) is 57.1. The van der Waals surface area contributed by atoms with Crippen LogP contribution in [0.5, 0.6) is 0 Å². The van der Waals surface area contributed by atoms with Crippen molar-refractivity contribution >= 4 is 51.6 Å². The lowest BCUT2D eigenvalue weighted by Crippen LogP contribution is -2.48. The summed E-state index contributed by atoms with van der Waals surface area (Å²) in [5.74, 6) is 2.95. The van der Waals surface area contributed by atoms with E-state index in [1.165, 1.54) is 11.1 Å². The average Bonchev–Trinajstić information content (AvgIpc) is 4.27. The largest absolute Gasteiger partial charge is 0.444 e. The number of hydrogen-bond donors (Lipinski definition) is 2. The molecule has 2 aliphatic heterocycles. The first-order valence-electron chi connectivity index (χ1n) is 25.1. The normalized spacial score (nSPS) is 16.1. The summed E-state index contributed by atoms with van der Waals surface area (Å²) in [5.41, 5.74) is 15.7. The van der Waals surface area contributed by atoms with Gasteiger partial charge in [0, 0.05) is 51.4 Å². The van der Waals surface area contributed by atoms with Gasteiger partial charge in [0.25, 0.3) is 0 Å². The van der Waals surface area contributed by atoms with Crippen molar-refractivity contribution in [2.75, 3.05) is 9.80 Å². The van der Waals surface area contributed by atoms with Gasteiger partial charge in [-0.25, -0.2) is 24.4 Å². The highest BCUT2D eigenvalue weighted by atomic mass is 16.6. The number of alkyl carbamates (subject to hydrolysis) is 1. The second kappa shape index (κ2) is 19.9. The van der Waals surface area contributed by atoms with Crippen LogP contribution in [0.1, 0.15) is 121 Å². The number of nitrogens with zero attached hydrogens (tertiary/aromatic N) is 8. The molecule has 4 aliphatic rings. The first kappa shape index (κ1) is 47.6. The Bertz CT molecular complexity index is 2830. The molecule has 0 atom stereocenters. The molecule has 69 heavy (non-hydrogen) atoms. The van der Waals surface area contributed by atoms with E-state index < -0.39 is 11.7 Å². The number of para-hydroxylation sites is 2. The van der Waals surface area contributed by atoms with Crippen molar-refractivity contribution in [3.8, 4) is 0 Å². The number of aromatic nitrogens is 4. The van der Waals surface area contributed by atoms with E-state index in [2.05, 4.69) is 90.7 Å². The van der Waals surface area contributed by atoms with Crippen LogP contribution in [0.25, 0.3) is 22.1 Å². The average molecular weight is 935 g/mol. The summed E-state index contributed by atoms with van der Waals surface area (Å²) >= 11 is 0. The molecule has 4 heterocycles. The van der Waals surface area contributed by atoms with E-state index >= 15 is 0 Å². The number of benzene rings is 4. The highest BCUT2D eigenvalue weighted by molar-refractivity contribution is 5.96. The summed E-state index contributed by atoms with van der Waals surface area (Å²) in [6, 6.07) is 29.8. The third-order valence-corrected chi connectivity index (χ3v) is 13.5. The number of nitrogens with two attached hydrogens (primary N) is 1. The molecule has 364 valence electrons. The predicted octanol–water partition coefficient (Wildman–Crippen LogP) is 10.9. The van der Waals surface area contributed by atoms with Crippen LogP contribution >= 0.6 is 0 Å². The first-order chi connectivity index (χ1) is 33.1. The number of aryl methyl sites for hydroxylation is 2. The molecule has 0 bridgehead atoms. The van der Waals surface area contributed by atoms with Gasteiger partial charge in [0.15, 0.2) is 0 Å². The molecule has 10 rings (SSSR count). The van der Waals surface area contributed by atoms with Gasteiger partial charge in [-0.15, -0.1) is 0 Å². The molecule has 0 saturated heterocycles. The maximum Gasteiger partial charge on any atom is 0.407 e. The zero-order valence-corrected chi connectivity index (χ0v) is 41.6. The monoisotopic (exact) mass is 935 g/mol. The number of carbonyl (C=O) groups excluding carboxylic acids is 3. The minimum absolute atomic E-state index is 0.0657. The Morgan fingerprint density at radius 1 is 0.681 bits per heavy atom. The van der Waals surface area contributed by atoms with E-state index in [1.54, 1.807) is 0 Å². The fraction of sp³-hybridized carbons (Fsp3) is 0.473. The number of urea groups is 2. The van der Waals surface area contributed by atoms with Crippen LogP contribution < -0.4 is 20.9 Å². The molecule has 2 fully saturated rings. The predicted molar refractivity (Wildman–Crippen MR) is 273 cm³/mol. The summed E-state index contributed by atoms with van der Waals surface area (Å²) in [6.45, 7) is 19.3. The molecule has 0 unspecified atom stereocenters. The van der Waals surface area contributed by atoms with Crippen molar-refractivity contribution in [2.45, 2.75) is 157 Å². The number of nitrogens with one attached hydrogen (secondary N) is 1. The van der Waals surface area contributed by atoms with Gasteiger partial charge in [0.1, 0.15) is 17.2 Å². The van der Waals surface area contributed by atoms with E-state index in [0.717, 1.165) is 108 Å². The fourth-order valence-corrected chi connectivity index (χ4v) is 9.46. The molecule has 0 radical (unpaired) electrons. The van der Waals surface area contributed by atoms with Gasteiger partial charge in [0.05, 0.1) is 46.5 Å². The van der Waals surface area contributed by atoms with E-state index in [9.17, 15) is 14.4 Å². The topological polar surface area (TPSA) is 147 Å². The van der Waals surface area contributed by atoms with Crippen LogP contribution in [-0.2, 0) is 57.1 Å². The molecule has 2 aromatic heterocycles. The Labute approximate surface area is 406 Å². The number of hydrogen-bond acceptors (Lipinski definition) is 7. The van der Waals surface area contributed by atoms with Crippen molar-refractivity contribution in [1.29, 1.82) is 0 Å². The SMILES string of the molecule is CC(C)CCn1c(CN2C(=O)N(C3CC3)Cc3ccccc32)nc2cc(CN)ccc21.CC(C)CCn1c(CN2C(=O)N(C3CC3)Cc3ccccc32)nc2cc(CNC(=O)OC(C)(C)C)ccc21. The number of anilines is 2. The van der Waals surface area contributed by atoms with Gasteiger partial charge in [0.2, 0.25) is 0 Å². The smallest absolute Gasteiger partial charge is 0.407 e. The standard InChI is InChI=1S/C30H39N5O3.C25H31N5O/c1-20(2)14-15-33-26-13-10-21(17-31-28(36)38-30(3,4)5)16-24(26)32-27(33)19-35-25-9-7-6-8-22(25)18-34(29(35)37)23-11-12-23;1-17(2)11-12-28-23-10-7-18(14-26)13-21(23)27-24(28)16-30-22-6-4-3-5-19(22)15-29(25(30)31)20-8-9-20/h6-10,13,16,20,23H,11-12,14-15,17-19H2,1-5H3,(H,31,36);3-7,10,13,17,20H,8-9,11-12,14-16,26H2,1-2H3. The molecular weight excluding hydrogens is 865 g/mol. The van der Waals surface area contributed by atoms with E-state index in [-0.39, 0.29) is 12.1 Å². The second-order valence-corrected chi connectivity index (χ2v) is 21.1. The van der Waals surface area contributed by atoms with Crippen molar-refractivity contribution in [2.24, 2.45) is 17.6 Å². The van der Waals surface area contributed by atoms with Gasteiger partial charge >= 0.3 is 18.2 Å². The van der Waals surface area contributed by atoms with Gasteiger partial charge in [-0.3, -0.25) is 9.80 Å². The van der Waals surface area contributed by atoms with Crippen LogP contribution in [0.15, 0.2) is 84.9 Å². The summed E-state index contributed by atoms with van der Waals surface area (Å²) in [5, 5.41) is 2.83. The van der Waals surface area contributed by atoms with E-state index in [1.807, 2.05) is 76.8 Å². The number of fused-ring (bicyclic) bond motifs is 4. The van der Waals surface area contributed by atoms with Crippen molar-refractivity contribution in [1.82, 2.24) is 34.2 Å².